The maximum absolute atomic E-state index is 13.9. The van der Waals surface area contributed by atoms with Crippen LogP contribution in [0.1, 0.15) is 43.0 Å². The SMILES string of the molecule is O=C(NC12CC(c3nnn(-c4ccc(Cl)c(F)c4)c3I)(C1)C2)[C@H]1C[C@@H](O)c2cc(Cl)ccc2O1. The number of ether oxygens (including phenoxy) is 1. The third kappa shape index (κ3) is 3.42. The molecule has 2 bridgehead atoms. The van der Waals surface area contributed by atoms with E-state index in [9.17, 15) is 14.3 Å². The third-order valence-electron chi connectivity index (χ3n) is 7.01. The van der Waals surface area contributed by atoms with Crippen molar-refractivity contribution in [3.8, 4) is 11.4 Å². The topological polar surface area (TPSA) is 89.3 Å². The first-order chi connectivity index (χ1) is 16.2. The number of rotatable bonds is 4. The van der Waals surface area contributed by atoms with Crippen LogP contribution in [0.4, 0.5) is 4.39 Å². The standard InChI is InChI=1S/C23H18Cl2FIN4O3/c24-11-1-4-17-13(5-11)16(32)7-18(34-17)21(33)28-23-8-22(9-23,10-23)19-20(27)31(30-29-19)12-2-3-14(25)15(26)6-12/h1-6,16,18,32H,7-10H2,(H,28,33)/t16-,18-,22?,23?/m1/s1. The zero-order chi connectivity index (χ0) is 23.8. The zero-order valence-corrected chi connectivity index (χ0v) is 21.2. The molecule has 2 heterocycles. The third-order valence-corrected chi connectivity index (χ3v) is 8.52. The molecule has 11 heteroatoms. The number of aliphatic hydroxyl groups excluding tert-OH is 1. The van der Waals surface area contributed by atoms with Gasteiger partial charge in [-0.15, -0.1) is 5.10 Å². The highest BCUT2D eigenvalue weighted by molar-refractivity contribution is 14.1. The fourth-order valence-corrected chi connectivity index (χ4v) is 6.82. The average Bonchev–Trinajstić information content (AvgIpc) is 3.13. The van der Waals surface area contributed by atoms with Crippen LogP contribution in [0.5, 0.6) is 5.75 Å². The molecule has 176 valence electrons. The highest BCUT2D eigenvalue weighted by Crippen LogP contribution is 2.68. The Kier molecular flexibility index (Phi) is 5.15. The number of nitrogens with one attached hydrogen (secondary N) is 1. The van der Waals surface area contributed by atoms with Gasteiger partial charge < -0.3 is 15.2 Å². The first-order valence-corrected chi connectivity index (χ1v) is 12.6. The molecule has 3 saturated carbocycles. The Morgan fingerprint density at radius 2 is 2.00 bits per heavy atom. The summed E-state index contributed by atoms with van der Waals surface area (Å²) >= 11 is 14.0. The molecule has 0 saturated heterocycles. The summed E-state index contributed by atoms with van der Waals surface area (Å²) < 4.78 is 22.2. The van der Waals surface area contributed by atoms with Gasteiger partial charge in [0.05, 0.1) is 16.8 Å². The number of hydrogen-bond donors (Lipinski definition) is 2. The van der Waals surface area contributed by atoms with E-state index >= 15 is 0 Å². The van der Waals surface area contributed by atoms with Crippen molar-refractivity contribution < 1.29 is 19.0 Å². The first kappa shape index (κ1) is 22.5. The summed E-state index contributed by atoms with van der Waals surface area (Å²) in [7, 11) is 0. The summed E-state index contributed by atoms with van der Waals surface area (Å²) in [5, 5.41) is 22.8. The Morgan fingerprint density at radius 1 is 1.24 bits per heavy atom. The maximum atomic E-state index is 13.9. The minimum atomic E-state index is -0.813. The number of aromatic nitrogens is 3. The molecule has 0 unspecified atom stereocenters. The van der Waals surface area contributed by atoms with E-state index in [0.29, 0.717) is 22.0 Å². The number of hydrogen-bond acceptors (Lipinski definition) is 5. The number of amides is 1. The molecule has 3 fully saturated rings. The van der Waals surface area contributed by atoms with Gasteiger partial charge in [0, 0.05) is 34.0 Å². The van der Waals surface area contributed by atoms with Crippen LogP contribution in [-0.4, -0.2) is 37.7 Å². The molecular weight excluding hydrogens is 597 g/mol. The van der Waals surface area contributed by atoms with Crippen LogP contribution < -0.4 is 10.1 Å². The molecule has 1 aromatic heterocycles. The zero-order valence-electron chi connectivity index (χ0n) is 17.6. The van der Waals surface area contributed by atoms with E-state index < -0.39 is 18.0 Å². The van der Waals surface area contributed by atoms with Crippen molar-refractivity contribution in [2.75, 3.05) is 0 Å². The quantitative estimate of drug-likeness (QED) is 0.423. The van der Waals surface area contributed by atoms with Gasteiger partial charge in [-0.05, 0) is 72.2 Å². The average molecular weight is 615 g/mol. The summed E-state index contributed by atoms with van der Waals surface area (Å²) in [5.41, 5.74) is 1.55. The molecule has 4 aliphatic rings. The van der Waals surface area contributed by atoms with Crippen LogP contribution in [0, 0.1) is 9.52 Å². The van der Waals surface area contributed by atoms with E-state index in [1.54, 1.807) is 28.9 Å². The molecule has 7 nitrogen and oxygen atoms in total. The smallest absolute Gasteiger partial charge is 0.261 e. The molecule has 1 amide bonds. The molecule has 2 atom stereocenters. The van der Waals surface area contributed by atoms with Crippen molar-refractivity contribution in [1.29, 1.82) is 0 Å². The summed E-state index contributed by atoms with van der Waals surface area (Å²) in [4.78, 5) is 13.0. The molecule has 7 rings (SSSR count). The lowest BCUT2D eigenvalue weighted by molar-refractivity contribution is -0.147. The Hall–Kier alpha value is -1.95. The van der Waals surface area contributed by atoms with Gasteiger partial charge in [0.1, 0.15) is 21.0 Å². The van der Waals surface area contributed by atoms with E-state index in [1.807, 2.05) is 0 Å². The van der Waals surface area contributed by atoms with Gasteiger partial charge in [0.2, 0.25) is 0 Å². The van der Waals surface area contributed by atoms with Crippen molar-refractivity contribution in [3.63, 3.8) is 0 Å². The highest BCUT2D eigenvalue weighted by Gasteiger charge is 2.71. The molecule has 3 aliphatic carbocycles. The fraction of sp³-hybridized carbons (Fsp3) is 0.348. The van der Waals surface area contributed by atoms with Crippen molar-refractivity contribution in [2.24, 2.45) is 0 Å². The van der Waals surface area contributed by atoms with Crippen LogP contribution in [0.15, 0.2) is 36.4 Å². The Balaban J connectivity index is 1.13. The van der Waals surface area contributed by atoms with E-state index in [2.05, 4.69) is 38.2 Å². The van der Waals surface area contributed by atoms with Crippen molar-refractivity contribution in [3.05, 3.63) is 67.2 Å². The van der Waals surface area contributed by atoms with E-state index in [1.165, 1.54) is 12.1 Å². The van der Waals surface area contributed by atoms with Crippen LogP contribution in [0.2, 0.25) is 10.0 Å². The lowest BCUT2D eigenvalue weighted by atomic mass is 9.38. The molecular formula is C23H18Cl2FIN4O3. The minimum absolute atomic E-state index is 0.0537. The van der Waals surface area contributed by atoms with Gasteiger partial charge in [-0.25, -0.2) is 9.07 Å². The fourth-order valence-electron chi connectivity index (χ4n) is 5.47. The molecule has 1 aliphatic heterocycles. The van der Waals surface area contributed by atoms with Gasteiger partial charge >= 0.3 is 0 Å². The van der Waals surface area contributed by atoms with E-state index in [-0.39, 0.29) is 28.3 Å². The number of aliphatic hydroxyl groups is 1. The first-order valence-electron chi connectivity index (χ1n) is 10.7. The maximum Gasteiger partial charge on any atom is 0.261 e. The van der Waals surface area contributed by atoms with Crippen LogP contribution in [0.3, 0.4) is 0 Å². The summed E-state index contributed by atoms with van der Waals surface area (Å²) in [5.74, 6) is -0.273. The highest BCUT2D eigenvalue weighted by atomic mass is 127. The number of carbonyl (C=O) groups is 1. The van der Waals surface area contributed by atoms with E-state index in [0.717, 1.165) is 28.7 Å². The second kappa shape index (κ2) is 7.78. The second-order valence-electron chi connectivity index (χ2n) is 9.36. The van der Waals surface area contributed by atoms with Crippen molar-refractivity contribution in [1.82, 2.24) is 20.3 Å². The number of fused-ring (bicyclic) bond motifs is 1. The molecule has 2 N–H and O–H groups in total. The van der Waals surface area contributed by atoms with Gasteiger partial charge in [-0.1, -0.05) is 28.4 Å². The molecule has 0 spiro atoms. The molecule has 0 radical (unpaired) electrons. The molecule has 3 aromatic rings. The molecule has 34 heavy (non-hydrogen) atoms. The minimum Gasteiger partial charge on any atom is -0.480 e. The Morgan fingerprint density at radius 3 is 2.74 bits per heavy atom. The molecule has 2 aromatic carbocycles. The second-order valence-corrected chi connectivity index (χ2v) is 11.2. The lowest BCUT2D eigenvalue weighted by Gasteiger charge is -2.69. The normalized spacial score (nSPS) is 28.9. The van der Waals surface area contributed by atoms with Crippen molar-refractivity contribution >= 4 is 51.7 Å². The van der Waals surface area contributed by atoms with Gasteiger partial charge in [0.25, 0.3) is 5.91 Å². The number of halogens is 4. The predicted molar refractivity (Wildman–Crippen MR) is 131 cm³/mol. The number of nitrogens with zero attached hydrogens (tertiary/aromatic N) is 3. The summed E-state index contributed by atoms with van der Waals surface area (Å²) in [6, 6.07) is 9.53. The van der Waals surface area contributed by atoms with Crippen LogP contribution in [-0.2, 0) is 10.2 Å². The Labute approximate surface area is 217 Å². The van der Waals surface area contributed by atoms with Gasteiger partial charge in [-0.3, -0.25) is 4.79 Å². The number of benzene rings is 2. The van der Waals surface area contributed by atoms with Gasteiger partial charge in [0.15, 0.2) is 6.10 Å². The van der Waals surface area contributed by atoms with Crippen molar-refractivity contribution in [2.45, 2.75) is 48.8 Å². The van der Waals surface area contributed by atoms with Gasteiger partial charge in [-0.2, -0.15) is 0 Å². The van der Waals surface area contributed by atoms with Crippen LogP contribution in [0.25, 0.3) is 5.69 Å². The lowest BCUT2D eigenvalue weighted by Crippen LogP contribution is -2.77. The predicted octanol–water partition coefficient (Wildman–Crippen LogP) is 4.49. The summed E-state index contributed by atoms with van der Waals surface area (Å²) in [6.07, 6.45) is 0.830. The Bertz CT molecular complexity index is 1330. The summed E-state index contributed by atoms with van der Waals surface area (Å²) in [6.45, 7) is 0. The monoisotopic (exact) mass is 614 g/mol. The van der Waals surface area contributed by atoms with E-state index in [4.69, 9.17) is 27.9 Å². The number of carbonyl (C=O) groups excluding carboxylic acids is 1. The largest absolute Gasteiger partial charge is 0.480 e. The van der Waals surface area contributed by atoms with Crippen LogP contribution >= 0.6 is 45.8 Å².